The van der Waals surface area contributed by atoms with Crippen molar-refractivity contribution in [1.82, 2.24) is 20.1 Å². The van der Waals surface area contributed by atoms with Gasteiger partial charge in [-0.2, -0.15) is 0 Å². The number of carbonyl (C=O) groups excluding carboxylic acids is 2. The molecule has 4 rings (SSSR count). The van der Waals surface area contributed by atoms with Gasteiger partial charge in [-0.25, -0.2) is 4.79 Å². The van der Waals surface area contributed by atoms with E-state index in [1.807, 2.05) is 24.4 Å². The third-order valence-electron chi connectivity index (χ3n) is 4.74. The van der Waals surface area contributed by atoms with Crippen molar-refractivity contribution >= 4 is 22.8 Å². The van der Waals surface area contributed by atoms with E-state index in [1.165, 1.54) is 4.90 Å². The van der Waals surface area contributed by atoms with E-state index in [1.54, 1.807) is 4.90 Å². The first-order valence-corrected chi connectivity index (χ1v) is 8.10. The molecule has 2 fully saturated rings. The third-order valence-corrected chi connectivity index (χ3v) is 4.74. The molecule has 3 heterocycles. The van der Waals surface area contributed by atoms with E-state index in [4.69, 9.17) is 0 Å². The predicted octanol–water partition coefficient (Wildman–Crippen LogP) is 1.68. The summed E-state index contributed by atoms with van der Waals surface area (Å²) in [6, 6.07) is 8.00. The van der Waals surface area contributed by atoms with Crippen LogP contribution in [0.3, 0.4) is 0 Å². The van der Waals surface area contributed by atoms with Crippen LogP contribution >= 0.6 is 0 Å². The Morgan fingerprint density at radius 1 is 1.13 bits per heavy atom. The molecule has 0 bridgehead atoms. The van der Waals surface area contributed by atoms with Gasteiger partial charge in [0.05, 0.1) is 0 Å². The highest BCUT2D eigenvalue weighted by Gasteiger charge is 2.40. The summed E-state index contributed by atoms with van der Waals surface area (Å²) in [6.45, 7) is 2.40. The Morgan fingerprint density at radius 2 is 1.96 bits per heavy atom. The summed E-state index contributed by atoms with van der Waals surface area (Å²) in [5.41, 5.74) is 2.12. The van der Waals surface area contributed by atoms with Crippen molar-refractivity contribution in [3.8, 4) is 0 Å². The molecule has 3 amide bonds. The molecule has 1 aromatic heterocycles. The number of urea groups is 1. The van der Waals surface area contributed by atoms with Gasteiger partial charge in [-0.05, 0) is 55.1 Å². The zero-order chi connectivity index (χ0) is 15.8. The Balaban J connectivity index is 1.50. The molecule has 0 spiro atoms. The van der Waals surface area contributed by atoms with Crippen LogP contribution in [0.15, 0.2) is 30.5 Å². The molecule has 1 aromatic carbocycles. The van der Waals surface area contributed by atoms with Gasteiger partial charge in [0.2, 0.25) is 0 Å². The molecule has 0 aliphatic carbocycles. The molecule has 6 nitrogen and oxygen atoms in total. The molecule has 0 unspecified atom stereocenters. The number of hydrogen-bond donors (Lipinski definition) is 2. The summed E-state index contributed by atoms with van der Waals surface area (Å²) < 4.78 is 0. The first-order valence-electron chi connectivity index (χ1n) is 8.10. The highest BCUT2D eigenvalue weighted by atomic mass is 16.2. The topological polar surface area (TPSA) is 68.4 Å². The smallest absolute Gasteiger partial charge is 0.327 e. The molecular formula is C17H20N4O2. The van der Waals surface area contributed by atoms with Crippen LogP contribution < -0.4 is 5.32 Å². The SMILES string of the molecule is O=C1CN(Cc2ccc3[nH]ccc3c2)C(=O)N1C1CCNCC1. The zero-order valence-electron chi connectivity index (χ0n) is 12.9. The van der Waals surface area contributed by atoms with Crippen LogP contribution in [0.5, 0.6) is 0 Å². The van der Waals surface area contributed by atoms with Crippen LogP contribution in [0.1, 0.15) is 18.4 Å². The Morgan fingerprint density at radius 3 is 2.78 bits per heavy atom. The molecular weight excluding hydrogens is 292 g/mol. The lowest BCUT2D eigenvalue weighted by Crippen LogP contribution is -2.46. The summed E-state index contributed by atoms with van der Waals surface area (Å²) in [5, 5.41) is 4.39. The van der Waals surface area contributed by atoms with E-state index in [0.717, 1.165) is 42.4 Å². The van der Waals surface area contributed by atoms with Crippen LogP contribution in [0.25, 0.3) is 10.9 Å². The minimum atomic E-state index is -0.143. The maximum atomic E-state index is 12.6. The van der Waals surface area contributed by atoms with Gasteiger partial charge in [-0.15, -0.1) is 0 Å². The molecule has 2 aromatic rings. The van der Waals surface area contributed by atoms with Gasteiger partial charge >= 0.3 is 6.03 Å². The van der Waals surface area contributed by atoms with Gasteiger partial charge in [0.1, 0.15) is 6.54 Å². The molecule has 2 aliphatic rings. The largest absolute Gasteiger partial charge is 0.361 e. The number of H-pyrrole nitrogens is 1. The van der Waals surface area contributed by atoms with Crippen molar-refractivity contribution in [2.75, 3.05) is 19.6 Å². The van der Waals surface area contributed by atoms with Crippen LogP contribution in [-0.4, -0.2) is 52.4 Å². The monoisotopic (exact) mass is 312 g/mol. The predicted molar refractivity (Wildman–Crippen MR) is 86.8 cm³/mol. The molecule has 0 atom stereocenters. The fourth-order valence-electron chi connectivity index (χ4n) is 3.54. The number of benzene rings is 1. The minimum absolute atomic E-state index is 0.0494. The van der Waals surface area contributed by atoms with Crippen molar-refractivity contribution in [3.63, 3.8) is 0 Å². The first-order chi connectivity index (χ1) is 11.2. The number of rotatable bonds is 3. The highest BCUT2D eigenvalue weighted by molar-refractivity contribution is 6.02. The lowest BCUT2D eigenvalue weighted by Gasteiger charge is -2.29. The quantitative estimate of drug-likeness (QED) is 0.847. The van der Waals surface area contributed by atoms with Gasteiger partial charge in [0.25, 0.3) is 5.91 Å². The van der Waals surface area contributed by atoms with E-state index in [-0.39, 0.29) is 24.5 Å². The summed E-state index contributed by atoms with van der Waals surface area (Å²) in [6.07, 6.45) is 3.60. The summed E-state index contributed by atoms with van der Waals surface area (Å²) in [7, 11) is 0. The lowest BCUT2D eigenvalue weighted by atomic mass is 10.1. The number of aromatic nitrogens is 1. The number of aromatic amines is 1. The number of nitrogens with zero attached hydrogens (tertiary/aromatic N) is 2. The van der Waals surface area contributed by atoms with Crippen LogP contribution in [0, 0.1) is 0 Å². The van der Waals surface area contributed by atoms with E-state index < -0.39 is 0 Å². The standard InChI is InChI=1S/C17H20N4O2/c22-16-11-20(17(23)21(16)14-4-6-18-7-5-14)10-12-1-2-15-13(9-12)3-8-19-15/h1-3,8-9,14,18-19H,4-7,10-11H2. The summed E-state index contributed by atoms with van der Waals surface area (Å²) in [4.78, 5) is 31.2. The zero-order valence-corrected chi connectivity index (χ0v) is 12.9. The summed E-state index contributed by atoms with van der Waals surface area (Å²) in [5.74, 6) is -0.0652. The molecule has 120 valence electrons. The maximum Gasteiger partial charge on any atom is 0.327 e. The first kappa shape index (κ1) is 14.3. The number of imide groups is 1. The molecule has 6 heteroatoms. The van der Waals surface area contributed by atoms with Crippen LogP contribution in [0.2, 0.25) is 0 Å². The second kappa shape index (κ2) is 5.70. The number of carbonyl (C=O) groups is 2. The van der Waals surface area contributed by atoms with Gasteiger partial charge in [0, 0.05) is 24.3 Å². The van der Waals surface area contributed by atoms with E-state index in [2.05, 4.69) is 16.4 Å². The van der Waals surface area contributed by atoms with Crippen LogP contribution in [-0.2, 0) is 11.3 Å². The van der Waals surface area contributed by atoms with E-state index >= 15 is 0 Å². The van der Waals surface area contributed by atoms with Crippen molar-refractivity contribution in [1.29, 1.82) is 0 Å². The van der Waals surface area contributed by atoms with Crippen molar-refractivity contribution < 1.29 is 9.59 Å². The molecule has 2 N–H and O–H groups in total. The lowest BCUT2D eigenvalue weighted by molar-refractivity contribution is -0.127. The molecule has 23 heavy (non-hydrogen) atoms. The Hall–Kier alpha value is -2.34. The average molecular weight is 312 g/mol. The maximum absolute atomic E-state index is 12.6. The highest BCUT2D eigenvalue weighted by Crippen LogP contribution is 2.22. The number of hydrogen-bond acceptors (Lipinski definition) is 3. The molecule has 2 saturated heterocycles. The van der Waals surface area contributed by atoms with E-state index in [9.17, 15) is 9.59 Å². The Bertz CT molecular complexity index is 748. The Kier molecular flexibility index (Phi) is 3.53. The van der Waals surface area contributed by atoms with Gasteiger partial charge in [0.15, 0.2) is 0 Å². The molecule has 0 saturated carbocycles. The van der Waals surface area contributed by atoms with Gasteiger partial charge in [-0.1, -0.05) is 6.07 Å². The second-order valence-corrected chi connectivity index (χ2v) is 6.28. The second-order valence-electron chi connectivity index (χ2n) is 6.28. The van der Waals surface area contributed by atoms with E-state index in [0.29, 0.717) is 6.54 Å². The Labute approximate surface area is 134 Å². The van der Waals surface area contributed by atoms with Crippen molar-refractivity contribution in [2.45, 2.75) is 25.4 Å². The number of piperidine rings is 1. The molecule has 0 radical (unpaired) electrons. The number of nitrogens with one attached hydrogen (secondary N) is 2. The van der Waals surface area contributed by atoms with Crippen LogP contribution in [0.4, 0.5) is 4.79 Å². The van der Waals surface area contributed by atoms with Crippen molar-refractivity contribution in [3.05, 3.63) is 36.0 Å². The minimum Gasteiger partial charge on any atom is -0.361 e. The fourth-order valence-corrected chi connectivity index (χ4v) is 3.54. The van der Waals surface area contributed by atoms with Crippen molar-refractivity contribution in [2.24, 2.45) is 0 Å². The third kappa shape index (κ3) is 2.59. The van der Waals surface area contributed by atoms with Gasteiger partial charge < -0.3 is 15.2 Å². The summed E-state index contributed by atoms with van der Waals surface area (Å²) >= 11 is 0. The van der Waals surface area contributed by atoms with Gasteiger partial charge in [-0.3, -0.25) is 9.69 Å². The number of fused-ring (bicyclic) bond motifs is 1. The average Bonchev–Trinajstić information content (AvgIpc) is 3.13. The number of amides is 3. The fraction of sp³-hybridized carbons (Fsp3) is 0.412. The molecule has 2 aliphatic heterocycles. The normalized spacial score (nSPS) is 20.0.